The Balaban J connectivity index is 3.02. The van der Waals surface area contributed by atoms with Crippen molar-refractivity contribution in [1.82, 2.24) is 10.2 Å². The van der Waals surface area contributed by atoms with Gasteiger partial charge < -0.3 is 10.6 Å². The number of H-pyrrole nitrogens is 1. The van der Waals surface area contributed by atoms with E-state index in [0.29, 0.717) is 12.2 Å². The van der Waals surface area contributed by atoms with Gasteiger partial charge in [0.05, 0.1) is 11.9 Å². The first-order valence-corrected chi connectivity index (χ1v) is 5.97. The predicted molar refractivity (Wildman–Crippen MR) is 70.6 cm³/mol. The van der Waals surface area contributed by atoms with Gasteiger partial charge >= 0.3 is 0 Å². The van der Waals surface area contributed by atoms with Crippen LogP contribution in [-0.2, 0) is 0 Å². The highest BCUT2D eigenvalue weighted by Gasteiger charge is 2.21. The predicted octanol–water partition coefficient (Wildman–Crippen LogP) is 1.23. The van der Waals surface area contributed by atoms with E-state index in [4.69, 9.17) is 17.3 Å². The van der Waals surface area contributed by atoms with Gasteiger partial charge in [-0.15, -0.1) is 0 Å². The van der Waals surface area contributed by atoms with E-state index in [2.05, 4.69) is 24.0 Å². The lowest BCUT2D eigenvalue weighted by atomic mass is 9.93. The van der Waals surface area contributed by atoms with E-state index < -0.39 is 0 Å². The number of nitrogens with zero attached hydrogens (tertiary/aromatic N) is 2. The number of halogens is 1. The molecule has 0 amide bonds. The standard InChI is InChI=1S/C11H19ClN4O/c1-4-16(7-11(2,3)6-13)8-5-14-15-10(17)9(8)12/h5H,4,6-7,13H2,1-3H3,(H,15,17). The lowest BCUT2D eigenvalue weighted by Crippen LogP contribution is -2.39. The second-order valence-electron chi connectivity index (χ2n) is 4.78. The van der Waals surface area contributed by atoms with Crippen molar-refractivity contribution >= 4 is 17.3 Å². The Kier molecular flexibility index (Phi) is 4.54. The van der Waals surface area contributed by atoms with Crippen LogP contribution in [0.5, 0.6) is 0 Å². The first-order chi connectivity index (χ1) is 7.91. The SMILES string of the molecule is CCN(CC(C)(C)CN)c1cn[nH]c(=O)c1Cl. The lowest BCUT2D eigenvalue weighted by Gasteiger charge is -2.32. The topological polar surface area (TPSA) is 75.0 Å². The zero-order valence-electron chi connectivity index (χ0n) is 10.5. The van der Waals surface area contributed by atoms with Gasteiger partial charge in [-0.2, -0.15) is 5.10 Å². The van der Waals surface area contributed by atoms with E-state index >= 15 is 0 Å². The Bertz CT molecular complexity index is 430. The molecular formula is C11H19ClN4O. The zero-order valence-corrected chi connectivity index (χ0v) is 11.2. The molecule has 0 aliphatic heterocycles. The van der Waals surface area contributed by atoms with Crippen LogP contribution >= 0.6 is 11.6 Å². The molecule has 0 aliphatic carbocycles. The highest BCUT2D eigenvalue weighted by atomic mass is 35.5. The van der Waals surface area contributed by atoms with Crippen molar-refractivity contribution in [2.75, 3.05) is 24.5 Å². The molecule has 6 heteroatoms. The first kappa shape index (κ1) is 14.0. The molecule has 5 nitrogen and oxygen atoms in total. The minimum absolute atomic E-state index is 0.0397. The maximum absolute atomic E-state index is 11.4. The summed E-state index contributed by atoms with van der Waals surface area (Å²) >= 11 is 5.98. The van der Waals surface area contributed by atoms with Crippen molar-refractivity contribution in [3.63, 3.8) is 0 Å². The van der Waals surface area contributed by atoms with Crippen molar-refractivity contribution < 1.29 is 0 Å². The van der Waals surface area contributed by atoms with Gasteiger partial charge in [0, 0.05) is 13.1 Å². The summed E-state index contributed by atoms with van der Waals surface area (Å²) in [5.74, 6) is 0. The highest BCUT2D eigenvalue weighted by Crippen LogP contribution is 2.24. The Morgan fingerprint density at radius 1 is 1.59 bits per heavy atom. The number of aromatic amines is 1. The van der Waals surface area contributed by atoms with Gasteiger partial charge in [0.2, 0.25) is 0 Å². The van der Waals surface area contributed by atoms with E-state index in [9.17, 15) is 4.79 Å². The normalized spacial score (nSPS) is 11.6. The fraction of sp³-hybridized carbons (Fsp3) is 0.636. The van der Waals surface area contributed by atoms with Crippen LogP contribution in [0.3, 0.4) is 0 Å². The molecule has 1 aromatic rings. The average Bonchev–Trinajstić information content (AvgIpc) is 2.30. The zero-order chi connectivity index (χ0) is 13.1. The molecule has 0 fully saturated rings. The Morgan fingerprint density at radius 2 is 2.24 bits per heavy atom. The number of rotatable bonds is 5. The van der Waals surface area contributed by atoms with Crippen LogP contribution < -0.4 is 16.2 Å². The molecule has 0 radical (unpaired) electrons. The third-order valence-electron chi connectivity index (χ3n) is 2.67. The van der Waals surface area contributed by atoms with E-state index in [0.717, 1.165) is 13.1 Å². The smallest absolute Gasteiger partial charge is 0.285 e. The number of nitrogens with one attached hydrogen (secondary N) is 1. The molecule has 17 heavy (non-hydrogen) atoms. The first-order valence-electron chi connectivity index (χ1n) is 5.59. The van der Waals surface area contributed by atoms with E-state index in [1.54, 1.807) is 6.20 Å². The van der Waals surface area contributed by atoms with Crippen molar-refractivity contribution in [2.45, 2.75) is 20.8 Å². The summed E-state index contributed by atoms with van der Waals surface area (Å²) in [7, 11) is 0. The summed E-state index contributed by atoms with van der Waals surface area (Å²) in [6.45, 7) is 8.19. The molecule has 0 saturated heterocycles. The summed E-state index contributed by atoms with van der Waals surface area (Å²) in [6.07, 6.45) is 1.57. The van der Waals surface area contributed by atoms with Gasteiger partial charge in [-0.25, -0.2) is 5.10 Å². The fourth-order valence-corrected chi connectivity index (χ4v) is 1.75. The Labute approximate surface area is 106 Å². The summed E-state index contributed by atoms with van der Waals surface area (Å²) in [4.78, 5) is 13.4. The molecule has 0 atom stereocenters. The number of aromatic nitrogens is 2. The number of hydrogen-bond acceptors (Lipinski definition) is 4. The van der Waals surface area contributed by atoms with Crippen LogP contribution in [0.2, 0.25) is 5.02 Å². The third kappa shape index (κ3) is 3.44. The minimum atomic E-state index is -0.367. The van der Waals surface area contributed by atoms with Crippen LogP contribution in [0.25, 0.3) is 0 Å². The Hall–Kier alpha value is -1.07. The van der Waals surface area contributed by atoms with Crippen molar-refractivity contribution in [2.24, 2.45) is 11.1 Å². The fourth-order valence-electron chi connectivity index (χ4n) is 1.54. The molecule has 0 bridgehead atoms. The van der Waals surface area contributed by atoms with Crippen LogP contribution in [0.4, 0.5) is 5.69 Å². The van der Waals surface area contributed by atoms with Gasteiger partial charge in [-0.3, -0.25) is 4.79 Å². The molecule has 96 valence electrons. The summed E-state index contributed by atoms with van der Waals surface area (Å²) < 4.78 is 0. The van der Waals surface area contributed by atoms with Gasteiger partial charge in [-0.05, 0) is 18.9 Å². The van der Waals surface area contributed by atoms with Gasteiger partial charge in [0.1, 0.15) is 5.02 Å². The summed E-state index contributed by atoms with van der Waals surface area (Å²) in [6, 6.07) is 0. The average molecular weight is 259 g/mol. The van der Waals surface area contributed by atoms with Crippen LogP contribution in [0.1, 0.15) is 20.8 Å². The van der Waals surface area contributed by atoms with E-state index in [1.165, 1.54) is 0 Å². The number of anilines is 1. The van der Waals surface area contributed by atoms with Crippen molar-refractivity contribution in [3.8, 4) is 0 Å². The maximum Gasteiger partial charge on any atom is 0.285 e. The van der Waals surface area contributed by atoms with E-state index in [-0.39, 0.29) is 16.0 Å². The molecule has 3 N–H and O–H groups in total. The highest BCUT2D eigenvalue weighted by molar-refractivity contribution is 6.32. The van der Waals surface area contributed by atoms with Gasteiger partial charge in [0.25, 0.3) is 5.56 Å². The molecule has 0 aromatic carbocycles. The second kappa shape index (κ2) is 5.51. The van der Waals surface area contributed by atoms with Crippen molar-refractivity contribution in [3.05, 3.63) is 21.6 Å². The number of nitrogens with two attached hydrogens (primary N) is 1. The molecule has 0 aliphatic rings. The molecule has 1 aromatic heterocycles. The van der Waals surface area contributed by atoms with Crippen LogP contribution in [0.15, 0.2) is 11.0 Å². The maximum atomic E-state index is 11.4. The minimum Gasteiger partial charge on any atom is -0.369 e. The van der Waals surface area contributed by atoms with Gasteiger partial charge in [-0.1, -0.05) is 25.4 Å². The van der Waals surface area contributed by atoms with Crippen molar-refractivity contribution in [1.29, 1.82) is 0 Å². The molecular weight excluding hydrogens is 240 g/mol. The second-order valence-corrected chi connectivity index (χ2v) is 5.16. The number of hydrogen-bond donors (Lipinski definition) is 2. The molecule has 0 spiro atoms. The van der Waals surface area contributed by atoms with Gasteiger partial charge in [0.15, 0.2) is 0 Å². The monoisotopic (exact) mass is 258 g/mol. The quantitative estimate of drug-likeness (QED) is 0.833. The summed E-state index contributed by atoms with van der Waals surface area (Å²) in [5, 5.41) is 6.26. The molecule has 1 heterocycles. The van der Waals surface area contributed by atoms with Crippen LogP contribution in [-0.4, -0.2) is 29.8 Å². The molecule has 1 rings (SSSR count). The summed E-state index contributed by atoms with van der Waals surface area (Å²) in [5.41, 5.74) is 5.96. The lowest BCUT2D eigenvalue weighted by molar-refractivity contribution is 0.379. The van der Waals surface area contributed by atoms with Crippen LogP contribution in [0, 0.1) is 5.41 Å². The largest absolute Gasteiger partial charge is 0.369 e. The van der Waals surface area contributed by atoms with E-state index in [1.807, 2.05) is 11.8 Å². The molecule has 0 saturated carbocycles. The third-order valence-corrected chi connectivity index (χ3v) is 3.04. The Morgan fingerprint density at radius 3 is 2.76 bits per heavy atom. The molecule has 0 unspecified atom stereocenters.